The fourth-order valence-electron chi connectivity index (χ4n) is 1.91. The van der Waals surface area contributed by atoms with Crippen LogP contribution in [0.1, 0.15) is 52.7 Å². The Morgan fingerprint density at radius 1 is 1.41 bits per heavy atom. The van der Waals surface area contributed by atoms with Gasteiger partial charge < -0.3 is 15.3 Å². The molecule has 22 heavy (non-hydrogen) atoms. The van der Waals surface area contributed by atoms with Crippen LogP contribution in [0.2, 0.25) is 0 Å². The minimum absolute atomic E-state index is 0.266. The maximum absolute atomic E-state index is 10.8. The van der Waals surface area contributed by atoms with Gasteiger partial charge in [-0.1, -0.05) is 5.21 Å². The summed E-state index contributed by atoms with van der Waals surface area (Å²) in [6.07, 6.45) is 4.56. The Morgan fingerprint density at radius 2 is 2.09 bits per heavy atom. The average molecular weight is 310 g/mol. The second-order valence-corrected chi connectivity index (χ2v) is 6.66. The lowest BCUT2D eigenvalue weighted by atomic mass is 10.0. The number of nitrogens with two attached hydrogens (primary N) is 1. The van der Waals surface area contributed by atoms with Gasteiger partial charge in [0.25, 0.3) is 0 Å². The van der Waals surface area contributed by atoms with Crippen molar-refractivity contribution in [2.24, 2.45) is 5.73 Å². The van der Waals surface area contributed by atoms with E-state index in [2.05, 4.69) is 10.3 Å². The number of hydrogen-bond donors (Lipinski definition) is 1. The van der Waals surface area contributed by atoms with Gasteiger partial charge in [0.05, 0.1) is 16.8 Å². The number of carbonyl (C=O) groups excluding carboxylic acids is 2. The SMILES string of the molecule is CC(C)(CC=O)OCCC(C)(C)n1cc(CCC(N)=O)nn1. The first-order valence-corrected chi connectivity index (χ1v) is 7.44. The van der Waals surface area contributed by atoms with Crippen LogP contribution in [0.15, 0.2) is 6.20 Å². The molecule has 124 valence electrons. The number of carbonyl (C=O) groups is 2. The van der Waals surface area contributed by atoms with E-state index < -0.39 is 5.60 Å². The van der Waals surface area contributed by atoms with Gasteiger partial charge in [0.2, 0.25) is 5.91 Å². The van der Waals surface area contributed by atoms with E-state index in [0.717, 1.165) is 18.4 Å². The van der Waals surface area contributed by atoms with Gasteiger partial charge in [0.15, 0.2) is 0 Å². The predicted octanol–water partition coefficient (Wildman–Crippen LogP) is 1.21. The van der Waals surface area contributed by atoms with E-state index in [-0.39, 0.29) is 17.9 Å². The van der Waals surface area contributed by atoms with Crippen molar-refractivity contribution in [1.82, 2.24) is 15.0 Å². The first-order chi connectivity index (χ1) is 10.2. The Hall–Kier alpha value is -1.76. The van der Waals surface area contributed by atoms with Crippen LogP contribution in [0.5, 0.6) is 0 Å². The van der Waals surface area contributed by atoms with Crippen LogP contribution in [0.25, 0.3) is 0 Å². The second-order valence-electron chi connectivity index (χ2n) is 6.66. The van der Waals surface area contributed by atoms with E-state index in [9.17, 15) is 9.59 Å². The molecule has 0 saturated carbocycles. The lowest BCUT2D eigenvalue weighted by molar-refractivity contribution is -0.118. The Labute approximate surface area is 131 Å². The summed E-state index contributed by atoms with van der Waals surface area (Å²) in [6, 6.07) is 0. The summed E-state index contributed by atoms with van der Waals surface area (Å²) in [5, 5.41) is 8.18. The number of amides is 1. The van der Waals surface area contributed by atoms with Gasteiger partial charge in [-0.3, -0.25) is 4.79 Å². The minimum atomic E-state index is -0.452. The van der Waals surface area contributed by atoms with Crippen molar-refractivity contribution in [3.05, 3.63) is 11.9 Å². The number of aldehydes is 1. The fraction of sp³-hybridized carbons (Fsp3) is 0.733. The third kappa shape index (κ3) is 5.93. The highest BCUT2D eigenvalue weighted by Gasteiger charge is 2.24. The molecule has 0 aromatic carbocycles. The number of aryl methyl sites for hydroxylation is 1. The summed E-state index contributed by atoms with van der Waals surface area (Å²) < 4.78 is 7.54. The van der Waals surface area contributed by atoms with Crippen molar-refractivity contribution in [2.45, 2.75) is 64.5 Å². The zero-order valence-corrected chi connectivity index (χ0v) is 13.8. The first-order valence-electron chi connectivity index (χ1n) is 7.44. The molecule has 1 aromatic heterocycles. The molecular weight excluding hydrogens is 284 g/mol. The largest absolute Gasteiger partial charge is 0.375 e. The first kappa shape index (κ1) is 18.3. The van der Waals surface area contributed by atoms with Crippen molar-refractivity contribution in [1.29, 1.82) is 0 Å². The van der Waals surface area contributed by atoms with E-state index >= 15 is 0 Å². The van der Waals surface area contributed by atoms with Crippen molar-refractivity contribution in [2.75, 3.05) is 6.61 Å². The highest BCUT2D eigenvalue weighted by Crippen LogP contribution is 2.21. The van der Waals surface area contributed by atoms with Gasteiger partial charge >= 0.3 is 0 Å². The van der Waals surface area contributed by atoms with Gasteiger partial charge in [0.1, 0.15) is 6.29 Å². The van der Waals surface area contributed by atoms with Crippen molar-refractivity contribution in [3.63, 3.8) is 0 Å². The molecule has 0 bridgehead atoms. The van der Waals surface area contributed by atoms with Crippen LogP contribution in [0.3, 0.4) is 0 Å². The molecule has 1 rings (SSSR count). The molecule has 0 aliphatic carbocycles. The molecule has 0 fully saturated rings. The molecule has 1 heterocycles. The number of primary amides is 1. The third-order valence-corrected chi connectivity index (χ3v) is 3.57. The number of hydrogen-bond acceptors (Lipinski definition) is 5. The normalized spacial score (nSPS) is 12.4. The number of aromatic nitrogens is 3. The van der Waals surface area contributed by atoms with Gasteiger partial charge in [-0.25, -0.2) is 4.68 Å². The third-order valence-electron chi connectivity index (χ3n) is 3.57. The molecule has 7 heteroatoms. The van der Waals surface area contributed by atoms with Crippen molar-refractivity contribution >= 4 is 12.2 Å². The Balaban J connectivity index is 2.55. The van der Waals surface area contributed by atoms with E-state index in [0.29, 0.717) is 19.4 Å². The summed E-state index contributed by atoms with van der Waals surface area (Å²) in [4.78, 5) is 21.4. The van der Waals surface area contributed by atoms with Crippen LogP contribution in [0, 0.1) is 0 Å². The van der Waals surface area contributed by atoms with E-state index in [1.165, 1.54) is 0 Å². The van der Waals surface area contributed by atoms with Crippen LogP contribution < -0.4 is 5.73 Å². The zero-order chi connectivity index (χ0) is 16.8. The zero-order valence-electron chi connectivity index (χ0n) is 13.8. The average Bonchev–Trinajstić information content (AvgIpc) is 2.85. The predicted molar refractivity (Wildman–Crippen MR) is 82.2 cm³/mol. The molecule has 0 radical (unpaired) electrons. The Kier molecular flexibility index (Phi) is 6.22. The van der Waals surface area contributed by atoms with E-state index in [1.54, 1.807) is 4.68 Å². The Morgan fingerprint density at radius 3 is 2.68 bits per heavy atom. The van der Waals surface area contributed by atoms with E-state index in [4.69, 9.17) is 10.5 Å². The number of nitrogens with zero attached hydrogens (tertiary/aromatic N) is 3. The molecule has 0 saturated heterocycles. The number of rotatable bonds is 10. The standard InChI is InChI=1S/C15H26N4O3/c1-14(2,8-10-22-15(3,4)7-9-20)19-11-12(17-18-19)5-6-13(16)21/h9,11H,5-8,10H2,1-4H3,(H2,16,21). The lowest BCUT2D eigenvalue weighted by Crippen LogP contribution is -2.32. The Bertz CT molecular complexity index is 509. The molecule has 0 unspecified atom stereocenters. The second kappa shape index (κ2) is 7.49. The molecule has 0 atom stereocenters. The fourth-order valence-corrected chi connectivity index (χ4v) is 1.91. The molecule has 1 amide bonds. The monoisotopic (exact) mass is 310 g/mol. The molecule has 1 aromatic rings. The minimum Gasteiger partial charge on any atom is -0.375 e. The maximum atomic E-state index is 10.8. The lowest BCUT2D eigenvalue weighted by Gasteiger charge is -2.28. The van der Waals surface area contributed by atoms with Crippen molar-refractivity contribution < 1.29 is 14.3 Å². The van der Waals surface area contributed by atoms with Crippen LogP contribution in [-0.4, -0.2) is 39.4 Å². The summed E-state index contributed by atoms with van der Waals surface area (Å²) in [5.74, 6) is -0.348. The number of ether oxygens (including phenoxy) is 1. The molecule has 7 nitrogen and oxygen atoms in total. The maximum Gasteiger partial charge on any atom is 0.217 e. The summed E-state index contributed by atoms with van der Waals surface area (Å²) in [5.41, 5.74) is 5.15. The topological polar surface area (TPSA) is 100 Å². The van der Waals surface area contributed by atoms with Gasteiger partial charge in [0, 0.05) is 32.1 Å². The molecule has 0 spiro atoms. The quantitative estimate of drug-likeness (QED) is 0.655. The smallest absolute Gasteiger partial charge is 0.217 e. The highest BCUT2D eigenvalue weighted by molar-refractivity contribution is 5.73. The van der Waals surface area contributed by atoms with Gasteiger partial charge in [-0.2, -0.15) is 0 Å². The van der Waals surface area contributed by atoms with Gasteiger partial charge in [-0.05, 0) is 34.1 Å². The molecular formula is C15H26N4O3. The summed E-state index contributed by atoms with van der Waals surface area (Å²) in [6.45, 7) is 8.38. The molecule has 0 aliphatic rings. The summed E-state index contributed by atoms with van der Waals surface area (Å²) >= 11 is 0. The molecule has 2 N–H and O–H groups in total. The molecule has 0 aliphatic heterocycles. The van der Waals surface area contributed by atoms with Gasteiger partial charge in [-0.15, -0.1) is 5.10 Å². The van der Waals surface area contributed by atoms with Crippen LogP contribution >= 0.6 is 0 Å². The highest BCUT2D eigenvalue weighted by atomic mass is 16.5. The van der Waals surface area contributed by atoms with E-state index in [1.807, 2.05) is 33.9 Å². The van der Waals surface area contributed by atoms with Crippen molar-refractivity contribution in [3.8, 4) is 0 Å². The van der Waals surface area contributed by atoms with Crippen LogP contribution in [0.4, 0.5) is 0 Å². The van der Waals surface area contributed by atoms with Crippen LogP contribution in [-0.2, 0) is 26.3 Å². The summed E-state index contributed by atoms with van der Waals surface area (Å²) in [7, 11) is 0.